The summed E-state index contributed by atoms with van der Waals surface area (Å²) >= 11 is 0. The van der Waals surface area contributed by atoms with Gasteiger partial charge in [0.25, 0.3) is 0 Å². The second-order valence-corrected chi connectivity index (χ2v) is 3.79. The maximum Gasteiger partial charge on any atom is 0.332 e. The van der Waals surface area contributed by atoms with Gasteiger partial charge in [-0.05, 0) is 6.42 Å². The SMILES string of the molecule is CC1(C)C=CCC(C(=O)O)=C1C(=O)O. The largest absolute Gasteiger partial charge is 0.478 e. The number of hydrogen-bond acceptors (Lipinski definition) is 2. The van der Waals surface area contributed by atoms with E-state index in [1.54, 1.807) is 26.0 Å². The van der Waals surface area contributed by atoms with Gasteiger partial charge in [0.05, 0.1) is 11.1 Å². The van der Waals surface area contributed by atoms with Crippen molar-refractivity contribution in [2.24, 2.45) is 5.41 Å². The Morgan fingerprint density at radius 1 is 1.29 bits per heavy atom. The van der Waals surface area contributed by atoms with Crippen LogP contribution < -0.4 is 0 Å². The van der Waals surface area contributed by atoms with Crippen molar-refractivity contribution in [1.29, 1.82) is 0 Å². The molecule has 0 saturated carbocycles. The molecule has 4 nitrogen and oxygen atoms in total. The molecule has 0 amide bonds. The number of aliphatic carboxylic acids is 2. The van der Waals surface area contributed by atoms with E-state index in [1.807, 2.05) is 0 Å². The van der Waals surface area contributed by atoms with Crippen molar-refractivity contribution in [2.75, 3.05) is 0 Å². The summed E-state index contributed by atoms with van der Waals surface area (Å²) in [6, 6.07) is 0. The zero-order valence-electron chi connectivity index (χ0n) is 8.07. The van der Waals surface area contributed by atoms with E-state index >= 15 is 0 Å². The molecule has 0 aromatic heterocycles. The molecule has 0 atom stereocenters. The fraction of sp³-hybridized carbons (Fsp3) is 0.400. The van der Waals surface area contributed by atoms with Gasteiger partial charge in [-0.3, -0.25) is 0 Å². The molecular weight excluding hydrogens is 184 g/mol. The lowest BCUT2D eigenvalue weighted by Crippen LogP contribution is -2.26. The highest BCUT2D eigenvalue weighted by Crippen LogP contribution is 2.35. The molecule has 0 spiro atoms. The van der Waals surface area contributed by atoms with E-state index < -0.39 is 17.4 Å². The molecule has 0 heterocycles. The van der Waals surface area contributed by atoms with Gasteiger partial charge in [-0.15, -0.1) is 0 Å². The van der Waals surface area contributed by atoms with Gasteiger partial charge in [-0.2, -0.15) is 0 Å². The minimum Gasteiger partial charge on any atom is -0.478 e. The standard InChI is InChI=1S/C10H12O4/c1-10(2)5-3-4-6(8(11)12)7(10)9(13)14/h3,5H,4H2,1-2H3,(H,11,12)(H,13,14). The van der Waals surface area contributed by atoms with E-state index in [-0.39, 0.29) is 17.6 Å². The van der Waals surface area contributed by atoms with Crippen LogP contribution in [0, 0.1) is 5.41 Å². The Bertz CT molecular complexity index is 347. The van der Waals surface area contributed by atoms with Gasteiger partial charge in [0.15, 0.2) is 0 Å². The van der Waals surface area contributed by atoms with Gasteiger partial charge in [0.2, 0.25) is 0 Å². The summed E-state index contributed by atoms with van der Waals surface area (Å²) in [6.07, 6.45) is 3.60. The number of hydrogen-bond donors (Lipinski definition) is 2. The summed E-state index contributed by atoms with van der Waals surface area (Å²) in [5.41, 5.74) is -0.754. The molecule has 0 aromatic rings. The molecule has 14 heavy (non-hydrogen) atoms. The predicted molar refractivity (Wildman–Crippen MR) is 49.8 cm³/mol. The number of rotatable bonds is 2. The molecule has 1 aliphatic carbocycles. The van der Waals surface area contributed by atoms with Gasteiger partial charge >= 0.3 is 11.9 Å². The van der Waals surface area contributed by atoms with Gasteiger partial charge < -0.3 is 10.2 Å². The van der Waals surface area contributed by atoms with Crippen molar-refractivity contribution < 1.29 is 19.8 Å². The lowest BCUT2D eigenvalue weighted by atomic mass is 9.77. The van der Waals surface area contributed by atoms with Gasteiger partial charge in [0, 0.05) is 5.41 Å². The fourth-order valence-electron chi connectivity index (χ4n) is 1.64. The summed E-state index contributed by atoms with van der Waals surface area (Å²) in [6.45, 7) is 3.38. The number of allylic oxidation sites excluding steroid dienone is 2. The van der Waals surface area contributed by atoms with E-state index in [4.69, 9.17) is 10.2 Å². The van der Waals surface area contributed by atoms with Crippen molar-refractivity contribution in [3.05, 3.63) is 23.3 Å². The van der Waals surface area contributed by atoms with Crippen LogP contribution in [-0.4, -0.2) is 22.2 Å². The topological polar surface area (TPSA) is 74.6 Å². The average molecular weight is 196 g/mol. The van der Waals surface area contributed by atoms with Crippen LogP contribution in [0.15, 0.2) is 23.3 Å². The first-order valence-corrected chi connectivity index (χ1v) is 4.24. The summed E-state index contributed by atoms with van der Waals surface area (Å²) in [5, 5.41) is 17.8. The molecule has 0 aromatic carbocycles. The smallest absolute Gasteiger partial charge is 0.332 e. The van der Waals surface area contributed by atoms with Crippen LogP contribution in [0.25, 0.3) is 0 Å². The number of carbonyl (C=O) groups is 2. The average Bonchev–Trinajstić information content (AvgIpc) is 2.00. The molecule has 0 saturated heterocycles. The first-order valence-electron chi connectivity index (χ1n) is 4.24. The number of carboxylic acid groups (broad SMARTS) is 2. The van der Waals surface area contributed by atoms with Crippen molar-refractivity contribution in [2.45, 2.75) is 20.3 Å². The van der Waals surface area contributed by atoms with E-state index in [9.17, 15) is 9.59 Å². The quantitative estimate of drug-likeness (QED) is 0.655. The van der Waals surface area contributed by atoms with E-state index in [0.717, 1.165) is 0 Å². The molecule has 1 aliphatic rings. The highest BCUT2D eigenvalue weighted by atomic mass is 16.4. The lowest BCUT2D eigenvalue weighted by Gasteiger charge is -2.26. The molecule has 1 rings (SSSR count). The van der Waals surface area contributed by atoms with Gasteiger partial charge in [-0.1, -0.05) is 26.0 Å². The van der Waals surface area contributed by atoms with Crippen molar-refractivity contribution in [3.8, 4) is 0 Å². The zero-order chi connectivity index (χ0) is 10.9. The molecule has 0 radical (unpaired) electrons. The minimum absolute atomic E-state index is 0.0208. The van der Waals surface area contributed by atoms with Crippen LogP contribution in [0.4, 0.5) is 0 Å². The summed E-state index contributed by atoms with van der Waals surface area (Å²) in [7, 11) is 0. The Kier molecular flexibility index (Phi) is 2.47. The predicted octanol–water partition coefficient (Wildman–Crippen LogP) is 1.44. The van der Waals surface area contributed by atoms with Crippen LogP contribution >= 0.6 is 0 Å². The van der Waals surface area contributed by atoms with Crippen LogP contribution in [0.5, 0.6) is 0 Å². The van der Waals surface area contributed by atoms with Gasteiger partial charge in [-0.25, -0.2) is 9.59 Å². The molecule has 76 valence electrons. The zero-order valence-corrected chi connectivity index (χ0v) is 8.07. The van der Waals surface area contributed by atoms with E-state index in [2.05, 4.69) is 0 Å². The maximum atomic E-state index is 10.9. The van der Waals surface area contributed by atoms with Crippen molar-refractivity contribution in [1.82, 2.24) is 0 Å². The first-order chi connectivity index (χ1) is 6.36. The third kappa shape index (κ3) is 1.69. The summed E-state index contributed by atoms with van der Waals surface area (Å²) < 4.78 is 0. The Labute approximate surface area is 81.6 Å². The Balaban J connectivity index is 3.31. The monoisotopic (exact) mass is 196 g/mol. The summed E-state index contributed by atoms with van der Waals surface area (Å²) in [4.78, 5) is 21.7. The van der Waals surface area contributed by atoms with Crippen molar-refractivity contribution in [3.63, 3.8) is 0 Å². The highest BCUT2D eigenvalue weighted by Gasteiger charge is 2.33. The highest BCUT2D eigenvalue weighted by molar-refractivity contribution is 6.00. The lowest BCUT2D eigenvalue weighted by molar-refractivity contribution is -0.136. The maximum absolute atomic E-state index is 10.9. The van der Waals surface area contributed by atoms with Crippen LogP contribution in [0.2, 0.25) is 0 Å². The molecule has 0 unspecified atom stereocenters. The Morgan fingerprint density at radius 2 is 1.86 bits per heavy atom. The van der Waals surface area contributed by atoms with Crippen LogP contribution in [0.1, 0.15) is 20.3 Å². The third-order valence-corrected chi connectivity index (χ3v) is 2.27. The molecule has 0 bridgehead atoms. The number of carboxylic acids is 2. The van der Waals surface area contributed by atoms with E-state index in [0.29, 0.717) is 0 Å². The second kappa shape index (κ2) is 3.29. The van der Waals surface area contributed by atoms with Gasteiger partial charge in [0.1, 0.15) is 0 Å². The molecule has 4 heteroatoms. The minimum atomic E-state index is -1.16. The van der Waals surface area contributed by atoms with E-state index in [1.165, 1.54) is 0 Å². The first kappa shape index (κ1) is 10.5. The molecule has 0 fully saturated rings. The Morgan fingerprint density at radius 3 is 2.21 bits per heavy atom. The Hall–Kier alpha value is -1.58. The summed E-state index contributed by atoms with van der Waals surface area (Å²) in [5.74, 6) is -2.31. The molecule has 2 N–H and O–H groups in total. The van der Waals surface area contributed by atoms with Crippen LogP contribution in [-0.2, 0) is 9.59 Å². The second-order valence-electron chi connectivity index (χ2n) is 3.79. The third-order valence-electron chi connectivity index (χ3n) is 2.27. The molecular formula is C10H12O4. The fourth-order valence-corrected chi connectivity index (χ4v) is 1.64. The van der Waals surface area contributed by atoms with Crippen LogP contribution in [0.3, 0.4) is 0 Å². The molecule has 0 aliphatic heterocycles. The normalized spacial score (nSPS) is 19.6. The van der Waals surface area contributed by atoms with Crippen molar-refractivity contribution >= 4 is 11.9 Å².